The average Bonchev–Trinajstić information content (AvgIpc) is 2.40. The molecule has 0 spiro atoms. The van der Waals surface area contributed by atoms with Crippen molar-refractivity contribution < 1.29 is 19.4 Å². The number of carbonyl (C=O) groups excluding carboxylic acids is 1. The monoisotopic (exact) mass is 295 g/mol. The van der Waals surface area contributed by atoms with Gasteiger partial charge in [0.2, 0.25) is 5.88 Å². The molecular weight excluding hydrogens is 274 g/mol. The predicted molar refractivity (Wildman–Crippen MR) is 78.5 cm³/mol. The smallest absolute Gasteiger partial charge is 0.319 e. The zero-order valence-corrected chi connectivity index (χ0v) is 12.3. The standard InChI is InChI=1S/C14H21N3O4/c1-3-5-10(8-13(18)19)16-14(20)17-11-6-7-12(15-9-11)21-4-2/h6-7,9-10H,3-5,8H2,1-2H3,(H,18,19)(H2,16,17,20). The molecular formula is C14H21N3O4. The number of amides is 2. The molecule has 0 aliphatic carbocycles. The van der Waals surface area contributed by atoms with Crippen LogP contribution in [0.1, 0.15) is 33.1 Å². The van der Waals surface area contributed by atoms with Gasteiger partial charge in [-0.05, 0) is 19.4 Å². The van der Waals surface area contributed by atoms with Crippen LogP contribution in [0.25, 0.3) is 0 Å². The number of aliphatic carboxylic acids is 1. The summed E-state index contributed by atoms with van der Waals surface area (Å²) in [5.41, 5.74) is 0.515. The van der Waals surface area contributed by atoms with Gasteiger partial charge in [-0.1, -0.05) is 13.3 Å². The van der Waals surface area contributed by atoms with Crippen molar-refractivity contribution in [2.24, 2.45) is 0 Å². The van der Waals surface area contributed by atoms with Crippen molar-refractivity contribution in [2.45, 2.75) is 39.2 Å². The molecule has 0 aromatic carbocycles. The number of anilines is 1. The summed E-state index contributed by atoms with van der Waals surface area (Å²) in [6.07, 6.45) is 2.80. The molecule has 0 radical (unpaired) electrons. The normalized spacial score (nSPS) is 11.5. The van der Waals surface area contributed by atoms with Gasteiger partial charge in [-0.2, -0.15) is 0 Å². The maximum atomic E-state index is 11.8. The Balaban J connectivity index is 2.52. The first-order chi connectivity index (χ1) is 10.0. The van der Waals surface area contributed by atoms with Crippen LogP contribution < -0.4 is 15.4 Å². The lowest BCUT2D eigenvalue weighted by molar-refractivity contribution is -0.137. The SMILES string of the molecule is CCCC(CC(=O)O)NC(=O)Nc1ccc(OCC)nc1. The number of ether oxygens (including phenoxy) is 1. The van der Waals surface area contributed by atoms with E-state index >= 15 is 0 Å². The summed E-state index contributed by atoms with van der Waals surface area (Å²) in [6, 6.07) is 2.49. The second-order valence-corrected chi connectivity index (χ2v) is 4.50. The van der Waals surface area contributed by atoms with Gasteiger partial charge < -0.3 is 20.5 Å². The molecule has 0 aliphatic heterocycles. The number of carbonyl (C=O) groups is 2. The molecule has 0 aliphatic rings. The molecule has 3 N–H and O–H groups in total. The number of rotatable bonds is 8. The third-order valence-corrected chi connectivity index (χ3v) is 2.68. The van der Waals surface area contributed by atoms with Crippen molar-refractivity contribution >= 4 is 17.7 Å². The van der Waals surface area contributed by atoms with Crippen molar-refractivity contribution in [3.8, 4) is 5.88 Å². The fourth-order valence-electron chi connectivity index (χ4n) is 1.82. The quantitative estimate of drug-likeness (QED) is 0.683. The van der Waals surface area contributed by atoms with Crippen LogP contribution >= 0.6 is 0 Å². The van der Waals surface area contributed by atoms with E-state index in [0.29, 0.717) is 24.6 Å². The Labute approximate surface area is 123 Å². The summed E-state index contributed by atoms with van der Waals surface area (Å²) in [5, 5.41) is 14.1. The zero-order chi connectivity index (χ0) is 15.7. The molecule has 2 amide bonds. The minimum absolute atomic E-state index is 0.0945. The van der Waals surface area contributed by atoms with E-state index in [2.05, 4.69) is 15.6 Å². The van der Waals surface area contributed by atoms with Crippen LogP contribution in [-0.4, -0.2) is 34.7 Å². The molecule has 21 heavy (non-hydrogen) atoms. The van der Waals surface area contributed by atoms with E-state index in [-0.39, 0.29) is 12.5 Å². The van der Waals surface area contributed by atoms with Crippen LogP contribution in [-0.2, 0) is 4.79 Å². The number of carboxylic acids is 1. The number of pyridine rings is 1. The van der Waals surface area contributed by atoms with Crippen LogP contribution in [0.15, 0.2) is 18.3 Å². The second kappa shape index (κ2) is 8.78. The Morgan fingerprint density at radius 2 is 2.14 bits per heavy atom. The Hall–Kier alpha value is -2.31. The number of carboxylic acid groups (broad SMARTS) is 1. The van der Waals surface area contributed by atoms with E-state index in [1.807, 2.05) is 13.8 Å². The first-order valence-electron chi connectivity index (χ1n) is 6.93. The number of aromatic nitrogens is 1. The van der Waals surface area contributed by atoms with Crippen LogP contribution in [0, 0.1) is 0 Å². The highest BCUT2D eigenvalue weighted by Crippen LogP contribution is 2.11. The zero-order valence-electron chi connectivity index (χ0n) is 12.3. The largest absolute Gasteiger partial charge is 0.481 e. The van der Waals surface area contributed by atoms with Gasteiger partial charge in [0, 0.05) is 12.1 Å². The maximum Gasteiger partial charge on any atom is 0.319 e. The van der Waals surface area contributed by atoms with Crippen molar-refractivity contribution in [1.82, 2.24) is 10.3 Å². The van der Waals surface area contributed by atoms with Crippen LogP contribution in [0.5, 0.6) is 5.88 Å². The van der Waals surface area contributed by atoms with Gasteiger partial charge in [0.15, 0.2) is 0 Å². The van der Waals surface area contributed by atoms with Gasteiger partial charge >= 0.3 is 12.0 Å². The van der Waals surface area contributed by atoms with Gasteiger partial charge in [0.1, 0.15) is 0 Å². The summed E-state index contributed by atoms with van der Waals surface area (Å²) in [7, 11) is 0. The van der Waals surface area contributed by atoms with Gasteiger partial charge in [-0.25, -0.2) is 9.78 Å². The van der Waals surface area contributed by atoms with E-state index < -0.39 is 12.0 Å². The Morgan fingerprint density at radius 3 is 2.67 bits per heavy atom. The van der Waals surface area contributed by atoms with E-state index in [9.17, 15) is 9.59 Å². The molecule has 7 nitrogen and oxygen atoms in total. The van der Waals surface area contributed by atoms with E-state index in [1.54, 1.807) is 12.1 Å². The van der Waals surface area contributed by atoms with E-state index in [0.717, 1.165) is 6.42 Å². The lowest BCUT2D eigenvalue weighted by atomic mass is 10.1. The molecule has 0 saturated carbocycles. The highest BCUT2D eigenvalue weighted by Gasteiger charge is 2.15. The Bertz CT molecular complexity index is 462. The fourth-order valence-corrected chi connectivity index (χ4v) is 1.82. The summed E-state index contributed by atoms with van der Waals surface area (Å²) >= 11 is 0. The van der Waals surface area contributed by atoms with Gasteiger partial charge in [0.25, 0.3) is 0 Å². The molecule has 1 aromatic rings. The highest BCUT2D eigenvalue weighted by molar-refractivity contribution is 5.89. The van der Waals surface area contributed by atoms with Gasteiger partial charge in [0.05, 0.1) is 24.9 Å². The number of nitrogens with zero attached hydrogens (tertiary/aromatic N) is 1. The van der Waals surface area contributed by atoms with E-state index in [1.165, 1.54) is 6.20 Å². The molecule has 1 aromatic heterocycles. The number of urea groups is 1. The van der Waals surface area contributed by atoms with E-state index in [4.69, 9.17) is 9.84 Å². The second-order valence-electron chi connectivity index (χ2n) is 4.50. The minimum atomic E-state index is -0.934. The molecule has 0 bridgehead atoms. The van der Waals surface area contributed by atoms with Crippen molar-refractivity contribution in [1.29, 1.82) is 0 Å². The number of nitrogens with one attached hydrogen (secondary N) is 2. The van der Waals surface area contributed by atoms with Crippen LogP contribution in [0.2, 0.25) is 0 Å². The third-order valence-electron chi connectivity index (χ3n) is 2.68. The predicted octanol–water partition coefficient (Wildman–Crippen LogP) is 2.25. The Morgan fingerprint density at radius 1 is 1.38 bits per heavy atom. The fraction of sp³-hybridized carbons (Fsp3) is 0.500. The topological polar surface area (TPSA) is 101 Å². The Kier molecular flexibility index (Phi) is 7.00. The lowest BCUT2D eigenvalue weighted by Crippen LogP contribution is -2.39. The number of hydrogen-bond acceptors (Lipinski definition) is 4. The molecule has 1 atom stereocenters. The molecule has 116 valence electrons. The maximum absolute atomic E-state index is 11.8. The lowest BCUT2D eigenvalue weighted by Gasteiger charge is -2.16. The number of hydrogen-bond donors (Lipinski definition) is 3. The van der Waals surface area contributed by atoms with Crippen LogP contribution in [0.3, 0.4) is 0 Å². The minimum Gasteiger partial charge on any atom is -0.481 e. The molecule has 1 rings (SSSR count). The molecule has 0 saturated heterocycles. The van der Waals surface area contributed by atoms with Crippen molar-refractivity contribution in [3.05, 3.63) is 18.3 Å². The van der Waals surface area contributed by atoms with Crippen LogP contribution in [0.4, 0.5) is 10.5 Å². The average molecular weight is 295 g/mol. The van der Waals surface area contributed by atoms with Crippen molar-refractivity contribution in [3.63, 3.8) is 0 Å². The summed E-state index contributed by atoms with van der Waals surface area (Å²) < 4.78 is 5.20. The first kappa shape index (κ1) is 16.7. The summed E-state index contributed by atoms with van der Waals surface area (Å²) in [4.78, 5) is 26.6. The molecule has 1 heterocycles. The molecule has 1 unspecified atom stereocenters. The highest BCUT2D eigenvalue weighted by atomic mass is 16.5. The molecule has 0 fully saturated rings. The van der Waals surface area contributed by atoms with Gasteiger partial charge in [-0.15, -0.1) is 0 Å². The third kappa shape index (κ3) is 6.60. The summed E-state index contributed by atoms with van der Waals surface area (Å²) in [6.45, 7) is 4.32. The first-order valence-corrected chi connectivity index (χ1v) is 6.93. The summed E-state index contributed by atoms with van der Waals surface area (Å²) in [5.74, 6) is -0.449. The molecule has 7 heteroatoms. The van der Waals surface area contributed by atoms with Crippen molar-refractivity contribution in [2.75, 3.05) is 11.9 Å². The van der Waals surface area contributed by atoms with Gasteiger partial charge in [-0.3, -0.25) is 4.79 Å².